The Morgan fingerprint density at radius 3 is 2.74 bits per heavy atom. The number of nitrogens with one attached hydrogen (secondary N) is 2. The van der Waals surface area contributed by atoms with Crippen LogP contribution in [-0.4, -0.2) is 42.0 Å². The number of ether oxygens (including phenoxy) is 1. The zero-order valence-electron chi connectivity index (χ0n) is 12.5. The maximum absolute atomic E-state index is 11.7. The highest BCUT2D eigenvalue weighted by atomic mass is 16.5. The number of hydrogen-bond donors (Lipinski definition) is 3. The molecule has 0 radical (unpaired) electrons. The van der Waals surface area contributed by atoms with Gasteiger partial charge in [-0.15, -0.1) is 0 Å². The Bertz CT molecular complexity index is 292. The second-order valence-electron chi connectivity index (χ2n) is 6.23. The van der Waals surface area contributed by atoms with Crippen LogP contribution in [0.2, 0.25) is 0 Å². The molecule has 0 saturated carbocycles. The van der Waals surface area contributed by atoms with Crippen LogP contribution < -0.4 is 10.6 Å². The van der Waals surface area contributed by atoms with E-state index in [9.17, 15) is 9.90 Å². The van der Waals surface area contributed by atoms with Crippen molar-refractivity contribution >= 4 is 6.03 Å². The Labute approximate surface area is 116 Å². The Hall–Kier alpha value is -0.810. The van der Waals surface area contributed by atoms with E-state index in [0.29, 0.717) is 18.9 Å². The second-order valence-corrected chi connectivity index (χ2v) is 6.23. The van der Waals surface area contributed by atoms with Crippen LogP contribution >= 0.6 is 0 Å². The Morgan fingerprint density at radius 1 is 1.53 bits per heavy atom. The Morgan fingerprint density at radius 2 is 2.21 bits per heavy atom. The molecule has 3 unspecified atom stereocenters. The number of aliphatic hydroxyl groups is 1. The SMILES string of the molecule is CC(C)CCC(C)(O)CNC(=O)NC1CCOC1C. The zero-order chi connectivity index (χ0) is 14.5. The van der Waals surface area contributed by atoms with Gasteiger partial charge in [-0.05, 0) is 39.0 Å². The first-order chi connectivity index (χ1) is 8.80. The van der Waals surface area contributed by atoms with Crippen molar-refractivity contribution in [1.82, 2.24) is 10.6 Å². The lowest BCUT2D eigenvalue weighted by atomic mass is 9.95. The summed E-state index contributed by atoms with van der Waals surface area (Å²) < 4.78 is 5.38. The van der Waals surface area contributed by atoms with E-state index in [4.69, 9.17) is 4.74 Å². The molecule has 0 aromatic carbocycles. The number of carbonyl (C=O) groups excluding carboxylic acids is 1. The van der Waals surface area contributed by atoms with Gasteiger partial charge in [0.05, 0.1) is 17.7 Å². The van der Waals surface area contributed by atoms with Gasteiger partial charge in [-0.1, -0.05) is 13.8 Å². The summed E-state index contributed by atoms with van der Waals surface area (Å²) in [6.07, 6.45) is 2.54. The quantitative estimate of drug-likeness (QED) is 0.688. The topological polar surface area (TPSA) is 70.6 Å². The lowest BCUT2D eigenvalue weighted by Gasteiger charge is -2.25. The summed E-state index contributed by atoms with van der Waals surface area (Å²) in [4.78, 5) is 11.7. The van der Waals surface area contributed by atoms with Crippen molar-refractivity contribution in [3.63, 3.8) is 0 Å². The molecule has 3 N–H and O–H groups in total. The van der Waals surface area contributed by atoms with Gasteiger partial charge in [0.1, 0.15) is 0 Å². The van der Waals surface area contributed by atoms with E-state index >= 15 is 0 Å². The molecule has 1 aliphatic heterocycles. The van der Waals surface area contributed by atoms with Gasteiger partial charge in [0, 0.05) is 13.2 Å². The summed E-state index contributed by atoms with van der Waals surface area (Å²) in [7, 11) is 0. The highest BCUT2D eigenvalue weighted by molar-refractivity contribution is 5.74. The molecule has 3 atom stereocenters. The van der Waals surface area contributed by atoms with Crippen LogP contribution in [0.15, 0.2) is 0 Å². The number of amides is 2. The fraction of sp³-hybridized carbons (Fsp3) is 0.929. The van der Waals surface area contributed by atoms with Gasteiger partial charge >= 0.3 is 6.03 Å². The third kappa shape index (κ3) is 6.25. The Balaban J connectivity index is 2.25. The lowest BCUT2D eigenvalue weighted by Crippen LogP contribution is -2.49. The fourth-order valence-corrected chi connectivity index (χ4v) is 2.10. The first kappa shape index (κ1) is 16.2. The van der Waals surface area contributed by atoms with Gasteiger partial charge in [-0.3, -0.25) is 0 Å². The average Bonchev–Trinajstić information content (AvgIpc) is 2.70. The number of rotatable bonds is 6. The summed E-state index contributed by atoms with van der Waals surface area (Å²) in [5, 5.41) is 15.8. The van der Waals surface area contributed by atoms with Gasteiger partial charge < -0.3 is 20.5 Å². The molecule has 1 fully saturated rings. The number of hydrogen-bond acceptors (Lipinski definition) is 3. The third-order valence-electron chi connectivity index (χ3n) is 3.58. The van der Waals surface area contributed by atoms with Crippen molar-refractivity contribution in [3.05, 3.63) is 0 Å². The number of carbonyl (C=O) groups is 1. The predicted molar refractivity (Wildman–Crippen MR) is 75.0 cm³/mol. The summed E-state index contributed by atoms with van der Waals surface area (Å²) in [6, 6.07) is -0.159. The van der Waals surface area contributed by atoms with Crippen molar-refractivity contribution in [3.8, 4) is 0 Å². The normalized spacial score (nSPS) is 26.2. The van der Waals surface area contributed by atoms with Crippen LogP contribution in [0.5, 0.6) is 0 Å². The van der Waals surface area contributed by atoms with Crippen LogP contribution in [0.1, 0.15) is 47.0 Å². The molecular formula is C14H28N2O3. The smallest absolute Gasteiger partial charge is 0.315 e. The molecule has 0 aromatic heterocycles. The summed E-state index contributed by atoms with van der Waals surface area (Å²) >= 11 is 0. The van der Waals surface area contributed by atoms with Crippen LogP contribution in [0.4, 0.5) is 4.79 Å². The van der Waals surface area contributed by atoms with E-state index < -0.39 is 5.60 Å². The van der Waals surface area contributed by atoms with Crippen molar-refractivity contribution in [2.45, 2.75) is 64.7 Å². The van der Waals surface area contributed by atoms with Gasteiger partial charge in [0.2, 0.25) is 0 Å². The van der Waals surface area contributed by atoms with E-state index in [1.807, 2.05) is 6.92 Å². The molecule has 0 aromatic rings. The van der Waals surface area contributed by atoms with Gasteiger partial charge in [-0.2, -0.15) is 0 Å². The molecule has 0 bridgehead atoms. The van der Waals surface area contributed by atoms with Gasteiger partial charge in [-0.25, -0.2) is 4.79 Å². The van der Waals surface area contributed by atoms with E-state index in [1.54, 1.807) is 6.92 Å². The van der Waals surface area contributed by atoms with Crippen LogP contribution in [0.25, 0.3) is 0 Å². The predicted octanol–water partition coefficient (Wildman–Crippen LogP) is 1.65. The standard InChI is InChI=1S/C14H28N2O3/c1-10(2)5-7-14(4,18)9-15-13(17)16-12-6-8-19-11(12)3/h10-12,18H,5-9H2,1-4H3,(H2,15,16,17). The van der Waals surface area contributed by atoms with E-state index in [0.717, 1.165) is 12.8 Å². The molecule has 1 aliphatic rings. The molecule has 112 valence electrons. The fourth-order valence-electron chi connectivity index (χ4n) is 2.10. The van der Waals surface area contributed by atoms with Crippen molar-refractivity contribution in [1.29, 1.82) is 0 Å². The second kappa shape index (κ2) is 7.10. The zero-order valence-corrected chi connectivity index (χ0v) is 12.5. The minimum atomic E-state index is -0.848. The monoisotopic (exact) mass is 272 g/mol. The molecule has 2 amide bonds. The first-order valence-corrected chi connectivity index (χ1v) is 7.18. The molecular weight excluding hydrogens is 244 g/mol. The molecule has 0 aliphatic carbocycles. The Kier molecular flexibility index (Phi) is 6.07. The molecule has 5 nitrogen and oxygen atoms in total. The maximum atomic E-state index is 11.7. The maximum Gasteiger partial charge on any atom is 0.315 e. The van der Waals surface area contributed by atoms with Crippen LogP contribution in [0, 0.1) is 5.92 Å². The van der Waals surface area contributed by atoms with Crippen molar-refractivity contribution in [2.24, 2.45) is 5.92 Å². The molecule has 1 heterocycles. The van der Waals surface area contributed by atoms with Gasteiger partial charge in [0.25, 0.3) is 0 Å². The molecule has 0 spiro atoms. The van der Waals surface area contributed by atoms with E-state index in [1.165, 1.54) is 0 Å². The van der Waals surface area contributed by atoms with Crippen molar-refractivity contribution in [2.75, 3.05) is 13.2 Å². The molecule has 1 rings (SSSR count). The molecule has 1 saturated heterocycles. The largest absolute Gasteiger partial charge is 0.388 e. The summed E-state index contributed by atoms with van der Waals surface area (Å²) in [5.74, 6) is 0.553. The number of urea groups is 1. The average molecular weight is 272 g/mol. The van der Waals surface area contributed by atoms with E-state index in [-0.39, 0.29) is 24.7 Å². The van der Waals surface area contributed by atoms with E-state index in [2.05, 4.69) is 24.5 Å². The highest BCUT2D eigenvalue weighted by Gasteiger charge is 2.27. The molecule has 5 heteroatoms. The van der Waals surface area contributed by atoms with Crippen molar-refractivity contribution < 1.29 is 14.6 Å². The highest BCUT2D eigenvalue weighted by Crippen LogP contribution is 2.15. The third-order valence-corrected chi connectivity index (χ3v) is 3.58. The molecule has 19 heavy (non-hydrogen) atoms. The van der Waals surface area contributed by atoms with Crippen LogP contribution in [-0.2, 0) is 4.74 Å². The van der Waals surface area contributed by atoms with Crippen LogP contribution in [0.3, 0.4) is 0 Å². The van der Waals surface area contributed by atoms with Gasteiger partial charge in [0.15, 0.2) is 0 Å². The minimum absolute atomic E-state index is 0.0622. The summed E-state index contributed by atoms with van der Waals surface area (Å²) in [6.45, 7) is 8.93. The minimum Gasteiger partial charge on any atom is -0.388 e. The first-order valence-electron chi connectivity index (χ1n) is 7.18. The lowest BCUT2D eigenvalue weighted by molar-refractivity contribution is 0.0474. The summed E-state index contributed by atoms with van der Waals surface area (Å²) in [5.41, 5.74) is -0.848.